The van der Waals surface area contributed by atoms with Crippen molar-refractivity contribution < 1.29 is 29.0 Å². The maximum absolute atomic E-state index is 13.5. The number of carboxylic acids is 1. The van der Waals surface area contributed by atoms with Gasteiger partial charge < -0.3 is 24.8 Å². The molecular formula is C27H38N4O6. The molecule has 37 heavy (non-hydrogen) atoms. The topological polar surface area (TPSA) is 131 Å². The summed E-state index contributed by atoms with van der Waals surface area (Å²) in [7, 11) is 3.25. The molecule has 1 aromatic heterocycles. The Hall–Kier alpha value is -3.17. The minimum atomic E-state index is -1.31. The molecule has 202 valence electrons. The molecule has 3 aliphatic rings. The molecular weight excluding hydrogens is 476 g/mol. The number of ether oxygens (including phenoxy) is 2. The number of allylic oxidation sites excluding steroid dienone is 1. The molecule has 0 aromatic carbocycles. The third-order valence-corrected chi connectivity index (χ3v) is 7.70. The molecule has 1 aliphatic heterocycles. The van der Waals surface area contributed by atoms with Crippen LogP contribution >= 0.6 is 0 Å². The van der Waals surface area contributed by atoms with Crippen LogP contribution in [-0.2, 0) is 19.8 Å². The molecule has 0 radical (unpaired) electrons. The number of aliphatic carboxylic acids is 1. The maximum Gasteiger partial charge on any atom is 0.330 e. The zero-order valence-corrected chi connectivity index (χ0v) is 22.3. The van der Waals surface area contributed by atoms with E-state index >= 15 is 0 Å². The molecule has 10 nitrogen and oxygen atoms in total. The van der Waals surface area contributed by atoms with Crippen LogP contribution in [0, 0.1) is 17.8 Å². The van der Waals surface area contributed by atoms with Crippen molar-refractivity contribution in [2.75, 3.05) is 20.7 Å². The highest BCUT2D eigenvalue weighted by atomic mass is 16.5. The summed E-state index contributed by atoms with van der Waals surface area (Å²) in [4.78, 5) is 49.5. The van der Waals surface area contributed by atoms with Gasteiger partial charge in [0.2, 0.25) is 17.7 Å². The van der Waals surface area contributed by atoms with Crippen LogP contribution in [0.3, 0.4) is 0 Å². The Balaban J connectivity index is 1.59. The number of amides is 2. The molecule has 5 atom stereocenters. The Morgan fingerprint density at radius 1 is 1.19 bits per heavy atom. The molecule has 2 amide bonds. The van der Waals surface area contributed by atoms with Gasteiger partial charge >= 0.3 is 12.0 Å². The number of carboxylic acid groups (broad SMARTS) is 1. The summed E-state index contributed by atoms with van der Waals surface area (Å²) in [5.41, 5.74) is -0.828. The third-order valence-electron chi connectivity index (χ3n) is 7.70. The molecule has 0 unspecified atom stereocenters. The van der Waals surface area contributed by atoms with Gasteiger partial charge in [0.1, 0.15) is 11.6 Å². The minimum absolute atomic E-state index is 0.119. The zero-order valence-electron chi connectivity index (χ0n) is 22.3. The molecule has 2 aliphatic carbocycles. The van der Waals surface area contributed by atoms with E-state index in [-0.39, 0.29) is 29.7 Å². The van der Waals surface area contributed by atoms with E-state index in [2.05, 4.69) is 15.3 Å². The Morgan fingerprint density at radius 3 is 2.59 bits per heavy atom. The molecule has 10 heteroatoms. The molecule has 0 bridgehead atoms. The Morgan fingerprint density at radius 2 is 1.92 bits per heavy atom. The lowest BCUT2D eigenvalue weighted by Crippen LogP contribution is -2.49. The van der Waals surface area contributed by atoms with Crippen molar-refractivity contribution in [3.05, 3.63) is 23.9 Å². The van der Waals surface area contributed by atoms with Gasteiger partial charge in [0.25, 0.3) is 0 Å². The summed E-state index contributed by atoms with van der Waals surface area (Å²) in [6.07, 6.45) is 6.96. The van der Waals surface area contributed by atoms with Crippen molar-refractivity contribution >= 4 is 17.8 Å². The lowest BCUT2D eigenvalue weighted by Gasteiger charge is -2.26. The van der Waals surface area contributed by atoms with Gasteiger partial charge in [0.05, 0.1) is 24.6 Å². The summed E-state index contributed by atoms with van der Waals surface area (Å²) in [5, 5.41) is 12.7. The summed E-state index contributed by atoms with van der Waals surface area (Å²) >= 11 is 0. The van der Waals surface area contributed by atoms with Gasteiger partial charge in [0.15, 0.2) is 0 Å². The second kappa shape index (κ2) is 10.3. The van der Waals surface area contributed by atoms with Crippen LogP contribution < -0.4 is 14.8 Å². The number of methoxy groups -OCH3 is 1. The van der Waals surface area contributed by atoms with Gasteiger partial charge in [-0.15, -0.1) is 0 Å². The average molecular weight is 515 g/mol. The fraction of sp³-hybridized carbons (Fsp3) is 0.667. The quantitative estimate of drug-likeness (QED) is 0.587. The average Bonchev–Trinajstić information content (AvgIpc) is 3.38. The van der Waals surface area contributed by atoms with E-state index in [1.54, 1.807) is 18.0 Å². The molecule has 4 rings (SSSR count). The highest BCUT2D eigenvalue weighted by Crippen LogP contribution is 2.46. The van der Waals surface area contributed by atoms with Crippen molar-refractivity contribution in [1.82, 2.24) is 20.2 Å². The first-order chi connectivity index (χ1) is 17.4. The van der Waals surface area contributed by atoms with Crippen LogP contribution in [-0.4, -0.2) is 70.1 Å². The fourth-order valence-electron chi connectivity index (χ4n) is 5.30. The molecule has 2 fully saturated rings. The number of carbonyl (C=O) groups is 3. The summed E-state index contributed by atoms with van der Waals surface area (Å²) < 4.78 is 11.5. The van der Waals surface area contributed by atoms with Gasteiger partial charge in [-0.1, -0.05) is 32.9 Å². The first-order valence-corrected chi connectivity index (χ1v) is 13.0. The van der Waals surface area contributed by atoms with Gasteiger partial charge in [-0.2, -0.15) is 9.97 Å². The second-order valence-electron chi connectivity index (χ2n) is 11.5. The van der Waals surface area contributed by atoms with E-state index < -0.39 is 35.4 Å². The predicted octanol–water partition coefficient (Wildman–Crippen LogP) is 2.71. The van der Waals surface area contributed by atoms with Crippen LogP contribution in [0.5, 0.6) is 11.9 Å². The number of nitrogens with zero attached hydrogens (tertiary/aromatic N) is 3. The molecule has 1 aromatic rings. The molecule has 2 heterocycles. The monoisotopic (exact) mass is 514 g/mol. The maximum atomic E-state index is 13.5. The van der Waals surface area contributed by atoms with E-state index in [1.807, 2.05) is 32.9 Å². The number of hydrogen-bond acceptors (Lipinski definition) is 7. The van der Waals surface area contributed by atoms with Crippen LogP contribution in [0.15, 0.2) is 18.2 Å². The standard InChI is InChI=1S/C27H38N4O6/c1-26(2,3)20-14-21(29-25(28-20)36-5)37-17-12-18-19(13-17)23(33)31(4)11-9-7-6-8-10-16-15-27(16,24(34)35)30-22(18)32/h8,10,14,16-19H,6-7,9,11-13,15H2,1-5H3,(H,30,32)(H,34,35)/b10-8-/t16-,17+,18+,19+,27+/m0/s1. The second-order valence-corrected chi connectivity index (χ2v) is 11.5. The Kier molecular flexibility index (Phi) is 7.48. The summed E-state index contributed by atoms with van der Waals surface area (Å²) in [6.45, 7) is 6.67. The van der Waals surface area contributed by atoms with Crippen molar-refractivity contribution in [3.8, 4) is 11.9 Å². The van der Waals surface area contributed by atoms with Crippen LogP contribution in [0.2, 0.25) is 0 Å². The highest BCUT2D eigenvalue weighted by molar-refractivity contribution is 5.94. The van der Waals surface area contributed by atoms with Crippen LogP contribution in [0.1, 0.15) is 65.0 Å². The van der Waals surface area contributed by atoms with Crippen LogP contribution in [0.4, 0.5) is 0 Å². The molecule has 0 spiro atoms. The summed E-state index contributed by atoms with van der Waals surface area (Å²) in [6, 6.07) is 1.94. The molecule has 0 saturated heterocycles. The first-order valence-electron chi connectivity index (χ1n) is 13.0. The number of fused-ring (bicyclic) bond motifs is 2. The number of nitrogens with one attached hydrogen (secondary N) is 1. The van der Waals surface area contributed by atoms with Gasteiger partial charge in [-0.25, -0.2) is 4.79 Å². The van der Waals surface area contributed by atoms with E-state index in [9.17, 15) is 19.5 Å². The summed E-state index contributed by atoms with van der Waals surface area (Å²) in [5.74, 6) is -2.81. The third kappa shape index (κ3) is 5.72. The SMILES string of the molecule is COc1nc(O[C@@H]2C[C@H]3C(=O)N[C@]4(C(=O)O)C[C@@H]4/C=C\CCCCN(C)C(=O)[C@@H]3C2)cc(C(C)(C)C)n1. The largest absolute Gasteiger partial charge is 0.479 e. The van der Waals surface area contributed by atoms with E-state index in [4.69, 9.17) is 9.47 Å². The van der Waals surface area contributed by atoms with Crippen molar-refractivity contribution in [2.24, 2.45) is 17.8 Å². The van der Waals surface area contributed by atoms with E-state index in [1.165, 1.54) is 7.11 Å². The molecule has 2 saturated carbocycles. The zero-order chi connectivity index (χ0) is 27.0. The number of carbonyl (C=O) groups excluding carboxylic acids is 2. The number of hydrogen-bond donors (Lipinski definition) is 2. The first kappa shape index (κ1) is 26.9. The van der Waals surface area contributed by atoms with E-state index in [0.717, 1.165) is 25.0 Å². The fourth-order valence-corrected chi connectivity index (χ4v) is 5.30. The lowest BCUT2D eigenvalue weighted by atomic mass is 9.92. The van der Waals surface area contributed by atoms with Gasteiger partial charge in [-0.05, 0) is 38.5 Å². The van der Waals surface area contributed by atoms with Crippen LogP contribution in [0.25, 0.3) is 0 Å². The highest BCUT2D eigenvalue weighted by Gasteiger charge is 2.61. The van der Waals surface area contributed by atoms with Gasteiger partial charge in [-0.3, -0.25) is 9.59 Å². The van der Waals surface area contributed by atoms with Crippen molar-refractivity contribution in [2.45, 2.75) is 76.4 Å². The Bertz CT molecular complexity index is 1080. The number of rotatable bonds is 4. The van der Waals surface area contributed by atoms with E-state index in [0.29, 0.717) is 25.3 Å². The van der Waals surface area contributed by atoms with Gasteiger partial charge in [0, 0.05) is 31.0 Å². The molecule has 2 N–H and O–H groups in total. The normalized spacial score (nSPS) is 31.4. The smallest absolute Gasteiger partial charge is 0.330 e. The van der Waals surface area contributed by atoms with Crippen molar-refractivity contribution in [1.29, 1.82) is 0 Å². The minimum Gasteiger partial charge on any atom is -0.479 e. The Labute approximate surface area is 217 Å². The predicted molar refractivity (Wildman–Crippen MR) is 135 cm³/mol. The van der Waals surface area contributed by atoms with Crippen molar-refractivity contribution in [3.63, 3.8) is 0 Å². The number of aromatic nitrogens is 2. The lowest BCUT2D eigenvalue weighted by molar-refractivity contribution is -0.145.